The quantitative estimate of drug-likeness (QED) is 0.303. The van der Waals surface area contributed by atoms with Gasteiger partial charge in [0.05, 0.1) is 29.1 Å². The molecule has 1 heterocycles. The summed E-state index contributed by atoms with van der Waals surface area (Å²) in [5.74, 6) is -0.526. The van der Waals surface area contributed by atoms with E-state index < -0.39 is 15.9 Å². The van der Waals surface area contributed by atoms with Crippen LogP contribution in [0.1, 0.15) is 29.7 Å². The number of nitrogens with one attached hydrogen (secondary N) is 1. The summed E-state index contributed by atoms with van der Waals surface area (Å²) in [6.07, 6.45) is 3.82. The van der Waals surface area contributed by atoms with Gasteiger partial charge in [-0.05, 0) is 25.0 Å². The lowest BCUT2D eigenvalue weighted by Crippen LogP contribution is -2.30. The molecule has 1 N–H and O–H groups in total. The number of oxime groups is 1. The predicted molar refractivity (Wildman–Crippen MR) is 136 cm³/mol. The summed E-state index contributed by atoms with van der Waals surface area (Å²) in [5, 5.41) is 7.30. The van der Waals surface area contributed by atoms with Gasteiger partial charge >= 0.3 is 0 Å². The number of hydrogen-bond donors (Lipinski definition) is 1. The number of likely N-dealkylation sites (N-methyl/N-ethyl adjacent to an activating group) is 1. The molecule has 0 saturated heterocycles. The van der Waals surface area contributed by atoms with Gasteiger partial charge in [-0.25, -0.2) is 13.4 Å². The molecule has 36 heavy (non-hydrogen) atoms. The number of rotatable bonds is 13. The van der Waals surface area contributed by atoms with Gasteiger partial charge in [0.25, 0.3) is 5.91 Å². The van der Waals surface area contributed by atoms with Crippen LogP contribution >= 0.6 is 11.3 Å². The minimum Gasteiger partial charge on any atom is -0.392 e. The number of hydrogen-bond acceptors (Lipinski definition) is 10. The van der Waals surface area contributed by atoms with Gasteiger partial charge < -0.3 is 19.0 Å². The first-order valence-electron chi connectivity index (χ1n) is 11.4. The lowest BCUT2D eigenvalue weighted by molar-refractivity contribution is -0.110. The molecule has 1 fully saturated rings. The molecule has 1 saturated carbocycles. The summed E-state index contributed by atoms with van der Waals surface area (Å²) < 4.78 is 42.3. The Bertz CT molecular complexity index is 1140. The van der Waals surface area contributed by atoms with Crippen molar-refractivity contribution in [3.8, 4) is 0 Å². The summed E-state index contributed by atoms with van der Waals surface area (Å²) in [6, 6.07) is 5.94. The molecule has 1 aliphatic carbocycles. The molecule has 3 rings (SSSR count). The second-order valence-electron chi connectivity index (χ2n) is 8.20. The minimum absolute atomic E-state index is 0.0102. The van der Waals surface area contributed by atoms with E-state index in [1.807, 2.05) is 0 Å². The Balaban J connectivity index is 1.82. The monoisotopic (exact) mass is 540 g/mol. The maximum Gasteiger partial charge on any atom is 0.280 e. The number of amides is 1. The standard InChI is InChI=1S/C23H32N4O7S2/c1-27(11-12-31-2)36(29,30)20-9-5-16(6-10-20)21(26-34-18-8-7-17(13-18)33-4)22(28)25-23-24-14-19(35-23)15-32-3/h5-6,9-10,14,17-18H,7-8,11-13,15H2,1-4H3,(H,24,25,28)/t17-,18-/m1/s1. The van der Waals surface area contributed by atoms with Gasteiger partial charge in [-0.3, -0.25) is 10.1 Å². The summed E-state index contributed by atoms with van der Waals surface area (Å²) in [6.45, 7) is 0.872. The van der Waals surface area contributed by atoms with Crippen LogP contribution < -0.4 is 5.32 Å². The van der Waals surface area contributed by atoms with Crippen molar-refractivity contribution in [2.75, 3.05) is 46.8 Å². The number of carbonyl (C=O) groups excluding carboxylic acids is 1. The second-order valence-corrected chi connectivity index (χ2v) is 11.4. The number of sulfonamides is 1. The highest BCUT2D eigenvalue weighted by atomic mass is 32.2. The Morgan fingerprint density at radius 1 is 1.17 bits per heavy atom. The maximum absolute atomic E-state index is 13.2. The Kier molecular flexibility index (Phi) is 10.3. The molecular weight excluding hydrogens is 508 g/mol. The van der Waals surface area contributed by atoms with Crippen LogP contribution in [0.25, 0.3) is 0 Å². The fourth-order valence-electron chi connectivity index (χ4n) is 3.60. The number of anilines is 1. The van der Waals surface area contributed by atoms with E-state index in [2.05, 4.69) is 15.5 Å². The minimum atomic E-state index is -3.71. The second kappa shape index (κ2) is 13.2. The molecule has 2 atom stereocenters. The maximum atomic E-state index is 13.2. The van der Waals surface area contributed by atoms with Crippen LogP contribution in [0.4, 0.5) is 5.13 Å². The lowest BCUT2D eigenvalue weighted by atomic mass is 10.1. The van der Waals surface area contributed by atoms with Crippen molar-refractivity contribution in [3.05, 3.63) is 40.9 Å². The molecule has 13 heteroatoms. The van der Waals surface area contributed by atoms with Crippen LogP contribution in [0.3, 0.4) is 0 Å². The number of thiazole rings is 1. The number of methoxy groups -OCH3 is 3. The molecule has 0 spiro atoms. The summed E-state index contributed by atoms with van der Waals surface area (Å²) in [4.78, 5) is 24.0. The van der Waals surface area contributed by atoms with E-state index in [0.29, 0.717) is 23.7 Å². The zero-order chi connectivity index (χ0) is 26.1. The highest BCUT2D eigenvalue weighted by molar-refractivity contribution is 7.89. The van der Waals surface area contributed by atoms with Crippen LogP contribution in [-0.4, -0.2) is 83.1 Å². The zero-order valence-corrected chi connectivity index (χ0v) is 22.4. The van der Waals surface area contributed by atoms with Crippen LogP contribution in [0.5, 0.6) is 0 Å². The summed E-state index contributed by atoms with van der Waals surface area (Å²) in [5.41, 5.74) is 0.414. The number of benzene rings is 1. The molecule has 1 aromatic carbocycles. The molecule has 0 radical (unpaired) electrons. The Labute approximate surface area is 215 Å². The molecule has 0 unspecified atom stereocenters. The zero-order valence-electron chi connectivity index (χ0n) is 20.8. The van der Waals surface area contributed by atoms with Gasteiger partial charge in [-0.1, -0.05) is 28.6 Å². The van der Waals surface area contributed by atoms with E-state index in [9.17, 15) is 13.2 Å². The van der Waals surface area contributed by atoms with Crippen molar-refractivity contribution in [1.29, 1.82) is 0 Å². The summed E-state index contributed by atoms with van der Waals surface area (Å²) in [7, 11) is 2.52. The van der Waals surface area contributed by atoms with Crippen LogP contribution in [-0.2, 0) is 40.5 Å². The van der Waals surface area contributed by atoms with Crippen molar-refractivity contribution in [2.45, 2.75) is 43.0 Å². The number of aromatic nitrogens is 1. The number of nitrogens with zero attached hydrogens (tertiary/aromatic N) is 3. The average molecular weight is 541 g/mol. The lowest BCUT2D eigenvalue weighted by Gasteiger charge is -2.17. The molecule has 0 aliphatic heterocycles. The topological polar surface area (TPSA) is 129 Å². The Morgan fingerprint density at radius 3 is 2.53 bits per heavy atom. The van der Waals surface area contributed by atoms with Gasteiger partial charge in [-0.2, -0.15) is 4.31 Å². The largest absolute Gasteiger partial charge is 0.392 e. The number of ether oxygens (including phenoxy) is 3. The third kappa shape index (κ3) is 7.31. The first-order valence-corrected chi connectivity index (χ1v) is 13.6. The van der Waals surface area contributed by atoms with Crippen molar-refractivity contribution in [2.24, 2.45) is 5.16 Å². The Morgan fingerprint density at radius 2 is 1.89 bits per heavy atom. The van der Waals surface area contributed by atoms with Gasteiger partial charge in [0.15, 0.2) is 10.8 Å². The van der Waals surface area contributed by atoms with Gasteiger partial charge in [0.1, 0.15) is 6.10 Å². The van der Waals surface area contributed by atoms with Crippen molar-refractivity contribution < 1.29 is 32.3 Å². The van der Waals surface area contributed by atoms with Crippen LogP contribution in [0.2, 0.25) is 0 Å². The van der Waals surface area contributed by atoms with Gasteiger partial charge in [-0.15, -0.1) is 0 Å². The van der Waals surface area contributed by atoms with Crippen LogP contribution in [0.15, 0.2) is 40.5 Å². The first kappa shape index (κ1) is 28.2. The fraction of sp³-hybridized carbons (Fsp3) is 0.522. The molecule has 1 aromatic heterocycles. The normalized spacial score (nSPS) is 18.5. The highest BCUT2D eigenvalue weighted by Gasteiger charge is 2.27. The first-order chi connectivity index (χ1) is 17.3. The van der Waals surface area contributed by atoms with E-state index in [1.54, 1.807) is 20.4 Å². The molecular formula is C23H32N4O7S2. The summed E-state index contributed by atoms with van der Waals surface area (Å²) >= 11 is 1.29. The third-order valence-corrected chi connectivity index (χ3v) is 8.44. The molecule has 2 aromatic rings. The molecule has 0 bridgehead atoms. The van der Waals surface area contributed by atoms with E-state index in [4.69, 9.17) is 19.0 Å². The number of carbonyl (C=O) groups is 1. The fourth-order valence-corrected chi connectivity index (χ4v) is 5.53. The van der Waals surface area contributed by atoms with E-state index in [1.165, 1.54) is 54.1 Å². The van der Waals surface area contributed by atoms with E-state index >= 15 is 0 Å². The molecule has 198 valence electrons. The molecule has 11 nitrogen and oxygen atoms in total. The average Bonchev–Trinajstić information content (AvgIpc) is 3.52. The van der Waals surface area contributed by atoms with E-state index in [0.717, 1.165) is 17.7 Å². The molecule has 1 amide bonds. The molecule has 1 aliphatic rings. The van der Waals surface area contributed by atoms with Crippen LogP contribution in [0, 0.1) is 0 Å². The van der Waals surface area contributed by atoms with Gasteiger partial charge in [0, 0.05) is 53.1 Å². The van der Waals surface area contributed by atoms with E-state index in [-0.39, 0.29) is 36.0 Å². The predicted octanol–water partition coefficient (Wildman–Crippen LogP) is 2.48. The van der Waals surface area contributed by atoms with Gasteiger partial charge in [0.2, 0.25) is 10.0 Å². The highest BCUT2D eigenvalue weighted by Crippen LogP contribution is 2.25. The smallest absolute Gasteiger partial charge is 0.280 e. The van der Waals surface area contributed by atoms with Crippen molar-refractivity contribution >= 4 is 38.1 Å². The SMILES string of the molecule is COCCN(C)S(=O)(=O)c1ccc(C(=NO[C@@H]2CC[C@@H](OC)C2)C(=O)Nc2ncc(COC)s2)cc1. The van der Waals surface area contributed by atoms with Crippen molar-refractivity contribution in [1.82, 2.24) is 9.29 Å². The third-order valence-electron chi connectivity index (χ3n) is 5.68. The Hall–Kier alpha value is -2.42. The van der Waals surface area contributed by atoms with Crippen molar-refractivity contribution in [3.63, 3.8) is 0 Å².